The van der Waals surface area contributed by atoms with E-state index in [0.29, 0.717) is 18.1 Å². The summed E-state index contributed by atoms with van der Waals surface area (Å²) in [5.74, 6) is 3.23. The summed E-state index contributed by atoms with van der Waals surface area (Å²) in [5, 5.41) is 0. The highest BCUT2D eigenvalue weighted by atomic mass is 32.2. The number of fused-ring (bicyclic) bond motifs is 1. The molecule has 0 radical (unpaired) electrons. The van der Waals surface area contributed by atoms with Gasteiger partial charge in [-0.2, -0.15) is 0 Å². The maximum Gasteiger partial charge on any atom is 0.129 e. The summed E-state index contributed by atoms with van der Waals surface area (Å²) in [6, 6.07) is 10.1. The standard InChI is InChI=1S/C18H19N3O2S/c1-2-23-14-3-4-16-15(12-14)18(20-16)13-5-6-19-17(11-13)21-7-9-24(22)10-8-21/h3-6,11-12H,2,7-10H2,1H3. The van der Waals surface area contributed by atoms with Crippen LogP contribution >= 0.6 is 0 Å². The molecule has 24 heavy (non-hydrogen) atoms. The number of anilines is 1. The molecule has 2 aliphatic heterocycles. The van der Waals surface area contributed by atoms with Crippen LogP contribution in [0.4, 0.5) is 11.5 Å². The maximum atomic E-state index is 11.5. The lowest BCUT2D eigenvalue weighted by molar-refractivity contribution is 0.340. The molecule has 0 N–H and O–H groups in total. The van der Waals surface area contributed by atoms with E-state index in [-0.39, 0.29) is 0 Å². The van der Waals surface area contributed by atoms with Gasteiger partial charge in [0.2, 0.25) is 0 Å². The summed E-state index contributed by atoms with van der Waals surface area (Å²) in [6.07, 6.45) is 1.82. The van der Waals surface area contributed by atoms with E-state index in [1.807, 2.05) is 37.4 Å². The molecule has 0 saturated carbocycles. The van der Waals surface area contributed by atoms with E-state index in [1.54, 1.807) is 0 Å². The molecule has 2 aliphatic rings. The van der Waals surface area contributed by atoms with E-state index < -0.39 is 10.8 Å². The predicted octanol–water partition coefficient (Wildman–Crippen LogP) is 2.53. The normalized spacial score (nSPS) is 17.0. The smallest absolute Gasteiger partial charge is 0.129 e. The zero-order valence-corrected chi connectivity index (χ0v) is 14.4. The van der Waals surface area contributed by atoms with E-state index in [0.717, 1.165) is 47.2 Å². The molecule has 0 amide bonds. The van der Waals surface area contributed by atoms with Gasteiger partial charge in [-0.05, 0) is 37.3 Å². The Labute approximate surface area is 143 Å². The van der Waals surface area contributed by atoms with Gasteiger partial charge in [-0.15, -0.1) is 0 Å². The van der Waals surface area contributed by atoms with Crippen molar-refractivity contribution in [2.24, 2.45) is 4.99 Å². The number of rotatable bonds is 4. The fourth-order valence-electron chi connectivity index (χ4n) is 3.01. The molecule has 4 rings (SSSR count). The molecule has 0 atom stereocenters. The zero-order chi connectivity index (χ0) is 16.5. The van der Waals surface area contributed by atoms with Crippen molar-refractivity contribution in [3.05, 3.63) is 47.7 Å². The van der Waals surface area contributed by atoms with Crippen LogP contribution in [-0.4, -0.2) is 46.1 Å². The van der Waals surface area contributed by atoms with Gasteiger partial charge in [0, 0.05) is 52.7 Å². The Morgan fingerprint density at radius 1 is 1.21 bits per heavy atom. The molecule has 1 fully saturated rings. The second-order valence-electron chi connectivity index (χ2n) is 5.81. The second-order valence-corrected chi connectivity index (χ2v) is 7.51. The number of aliphatic imine (C=N–C) groups is 1. The highest BCUT2D eigenvalue weighted by Gasteiger charge is 2.23. The molecule has 2 aromatic rings. The summed E-state index contributed by atoms with van der Waals surface area (Å²) < 4.78 is 17.1. The molecule has 1 saturated heterocycles. The van der Waals surface area contributed by atoms with Gasteiger partial charge in [0.05, 0.1) is 18.0 Å². The fraction of sp³-hybridized carbons (Fsp3) is 0.333. The van der Waals surface area contributed by atoms with Gasteiger partial charge < -0.3 is 9.64 Å². The van der Waals surface area contributed by atoms with Gasteiger partial charge >= 0.3 is 0 Å². The first-order valence-corrected chi connectivity index (χ1v) is 9.65. The SMILES string of the molecule is CCOc1ccc2c(c1)C(c1ccnc(N3CCS(=O)CC3)c1)=N2. The summed E-state index contributed by atoms with van der Waals surface area (Å²) in [4.78, 5) is 11.3. The summed E-state index contributed by atoms with van der Waals surface area (Å²) in [7, 11) is -0.681. The molecule has 0 spiro atoms. The van der Waals surface area contributed by atoms with Crippen LogP contribution in [0.15, 0.2) is 41.5 Å². The Bertz CT molecular complexity index is 825. The first-order valence-electron chi connectivity index (χ1n) is 8.17. The number of benzene rings is 1. The number of aromatic nitrogens is 1. The summed E-state index contributed by atoms with van der Waals surface area (Å²) in [5.41, 5.74) is 4.17. The van der Waals surface area contributed by atoms with Crippen LogP contribution in [0, 0.1) is 0 Å². The number of pyridine rings is 1. The largest absolute Gasteiger partial charge is 0.494 e. The maximum absolute atomic E-state index is 11.5. The molecule has 5 nitrogen and oxygen atoms in total. The minimum atomic E-state index is -0.681. The highest BCUT2D eigenvalue weighted by molar-refractivity contribution is 7.85. The van der Waals surface area contributed by atoms with Crippen LogP contribution in [0.1, 0.15) is 18.1 Å². The molecule has 124 valence electrons. The third-order valence-electron chi connectivity index (χ3n) is 4.29. The molecule has 0 aliphatic carbocycles. The monoisotopic (exact) mass is 341 g/mol. The minimum absolute atomic E-state index is 0.654. The molecule has 1 aromatic carbocycles. The van der Waals surface area contributed by atoms with E-state index in [2.05, 4.69) is 20.9 Å². The molecule has 6 heteroatoms. The van der Waals surface area contributed by atoms with Gasteiger partial charge in [-0.1, -0.05) is 0 Å². The quantitative estimate of drug-likeness (QED) is 0.732. The lowest BCUT2D eigenvalue weighted by Crippen LogP contribution is -2.38. The van der Waals surface area contributed by atoms with Crippen molar-refractivity contribution in [3.63, 3.8) is 0 Å². The van der Waals surface area contributed by atoms with Crippen LogP contribution in [0.5, 0.6) is 5.75 Å². The van der Waals surface area contributed by atoms with Gasteiger partial charge in [0.1, 0.15) is 11.6 Å². The Balaban J connectivity index is 1.58. The van der Waals surface area contributed by atoms with Crippen molar-refractivity contribution in [1.29, 1.82) is 0 Å². The zero-order valence-electron chi connectivity index (χ0n) is 13.6. The third kappa shape index (κ3) is 2.82. The van der Waals surface area contributed by atoms with Crippen molar-refractivity contribution < 1.29 is 8.95 Å². The highest BCUT2D eigenvalue weighted by Crippen LogP contribution is 2.36. The average Bonchev–Trinajstić information content (AvgIpc) is 2.58. The van der Waals surface area contributed by atoms with E-state index in [4.69, 9.17) is 4.74 Å². The Morgan fingerprint density at radius 2 is 2.04 bits per heavy atom. The number of ether oxygens (including phenoxy) is 1. The first-order chi connectivity index (χ1) is 11.7. The summed E-state index contributed by atoms with van der Waals surface area (Å²) >= 11 is 0. The molecular formula is C18H19N3O2S. The number of hydrogen-bond donors (Lipinski definition) is 0. The van der Waals surface area contributed by atoms with E-state index in [9.17, 15) is 4.21 Å². The van der Waals surface area contributed by atoms with E-state index in [1.165, 1.54) is 0 Å². The predicted molar refractivity (Wildman–Crippen MR) is 97.2 cm³/mol. The van der Waals surface area contributed by atoms with Gasteiger partial charge in [-0.3, -0.25) is 4.21 Å². The molecule has 0 bridgehead atoms. The Morgan fingerprint density at radius 3 is 2.83 bits per heavy atom. The third-order valence-corrected chi connectivity index (χ3v) is 5.56. The van der Waals surface area contributed by atoms with Crippen LogP contribution in [0.2, 0.25) is 0 Å². The Kier molecular flexibility index (Phi) is 4.06. The van der Waals surface area contributed by atoms with Crippen molar-refractivity contribution >= 4 is 28.0 Å². The lowest BCUT2D eigenvalue weighted by atomic mass is 9.96. The van der Waals surface area contributed by atoms with Crippen molar-refractivity contribution in [3.8, 4) is 5.75 Å². The van der Waals surface area contributed by atoms with Crippen molar-refractivity contribution in [1.82, 2.24) is 4.98 Å². The molecular weight excluding hydrogens is 322 g/mol. The van der Waals surface area contributed by atoms with Crippen LogP contribution in [0.3, 0.4) is 0 Å². The summed E-state index contributed by atoms with van der Waals surface area (Å²) in [6.45, 7) is 4.22. The van der Waals surface area contributed by atoms with E-state index >= 15 is 0 Å². The second kappa shape index (κ2) is 6.36. The van der Waals surface area contributed by atoms with Gasteiger partial charge in [-0.25, -0.2) is 9.98 Å². The van der Waals surface area contributed by atoms with Crippen LogP contribution in [0.25, 0.3) is 0 Å². The number of hydrogen-bond acceptors (Lipinski definition) is 5. The van der Waals surface area contributed by atoms with Crippen LogP contribution < -0.4 is 9.64 Å². The molecule has 0 unspecified atom stereocenters. The topological polar surface area (TPSA) is 54.8 Å². The first kappa shape index (κ1) is 15.3. The van der Waals surface area contributed by atoms with Gasteiger partial charge in [0.25, 0.3) is 0 Å². The fourth-order valence-corrected chi connectivity index (χ4v) is 4.06. The van der Waals surface area contributed by atoms with Crippen molar-refractivity contribution in [2.75, 3.05) is 36.1 Å². The Hall–Kier alpha value is -2.21. The van der Waals surface area contributed by atoms with Crippen LogP contribution in [-0.2, 0) is 10.8 Å². The van der Waals surface area contributed by atoms with Crippen molar-refractivity contribution in [2.45, 2.75) is 6.92 Å². The average molecular weight is 341 g/mol. The number of nitrogens with zero attached hydrogens (tertiary/aromatic N) is 3. The molecule has 1 aromatic heterocycles. The lowest BCUT2D eigenvalue weighted by Gasteiger charge is -2.28. The minimum Gasteiger partial charge on any atom is -0.494 e. The molecule has 3 heterocycles. The van der Waals surface area contributed by atoms with Gasteiger partial charge in [0.15, 0.2) is 0 Å².